The van der Waals surface area contributed by atoms with Gasteiger partial charge in [0.05, 0.1) is 0 Å². The topological polar surface area (TPSA) is 32.3 Å². The molecule has 0 bridgehead atoms. The zero-order valence-corrected chi connectivity index (χ0v) is 8.75. The highest BCUT2D eigenvalue weighted by Crippen LogP contribution is 2.38. The first kappa shape index (κ1) is 9.71. The standard InChI is InChI=1S/C11H18N2O/c1-2-3-10(14)13-8-11(9-13)4-6-12-7-5-11/h2-3,12H,4-9H2,1H3/b3-2+. The Morgan fingerprint density at radius 1 is 1.36 bits per heavy atom. The van der Waals surface area contributed by atoms with Crippen molar-refractivity contribution in [3.63, 3.8) is 0 Å². The predicted octanol–water partition coefficient (Wildman–Crippen LogP) is 0.774. The molecule has 1 N–H and O–H groups in total. The summed E-state index contributed by atoms with van der Waals surface area (Å²) < 4.78 is 0. The quantitative estimate of drug-likeness (QED) is 0.625. The van der Waals surface area contributed by atoms with Crippen LogP contribution < -0.4 is 5.32 Å². The van der Waals surface area contributed by atoms with E-state index < -0.39 is 0 Å². The fourth-order valence-electron chi connectivity index (χ4n) is 2.44. The smallest absolute Gasteiger partial charge is 0.246 e. The lowest BCUT2D eigenvalue weighted by molar-refractivity contribution is -0.139. The molecule has 0 aliphatic carbocycles. The summed E-state index contributed by atoms with van der Waals surface area (Å²) in [6.07, 6.45) is 5.93. The van der Waals surface area contributed by atoms with Crippen molar-refractivity contribution in [3.05, 3.63) is 12.2 Å². The van der Waals surface area contributed by atoms with E-state index in [1.807, 2.05) is 17.9 Å². The largest absolute Gasteiger partial charge is 0.338 e. The molecule has 2 saturated heterocycles. The third-order valence-electron chi connectivity index (χ3n) is 3.34. The molecule has 0 atom stereocenters. The molecule has 2 heterocycles. The molecule has 3 heteroatoms. The summed E-state index contributed by atoms with van der Waals surface area (Å²) in [6.45, 7) is 6.06. The Morgan fingerprint density at radius 3 is 2.57 bits per heavy atom. The number of hydrogen-bond donors (Lipinski definition) is 1. The van der Waals surface area contributed by atoms with Crippen LogP contribution in [0.5, 0.6) is 0 Å². The molecule has 0 aromatic carbocycles. The number of carbonyl (C=O) groups is 1. The van der Waals surface area contributed by atoms with E-state index in [9.17, 15) is 4.79 Å². The minimum absolute atomic E-state index is 0.177. The highest BCUT2D eigenvalue weighted by Gasteiger charge is 2.44. The van der Waals surface area contributed by atoms with E-state index in [0.29, 0.717) is 5.41 Å². The number of nitrogens with one attached hydrogen (secondary N) is 1. The molecule has 0 aromatic heterocycles. The van der Waals surface area contributed by atoms with Gasteiger partial charge in [-0.15, -0.1) is 0 Å². The highest BCUT2D eigenvalue weighted by molar-refractivity contribution is 5.88. The first-order valence-electron chi connectivity index (χ1n) is 5.38. The van der Waals surface area contributed by atoms with Gasteiger partial charge in [-0.2, -0.15) is 0 Å². The van der Waals surface area contributed by atoms with Crippen LogP contribution in [0.2, 0.25) is 0 Å². The van der Waals surface area contributed by atoms with Gasteiger partial charge in [-0.05, 0) is 38.9 Å². The van der Waals surface area contributed by atoms with Gasteiger partial charge in [0.25, 0.3) is 0 Å². The number of nitrogens with zero attached hydrogens (tertiary/aromatic N) is 1. The monoisotopic (exact) mass is 194 g/mol. The third kappa shape index (κ3) is 1.69. The van der Waals surface area contributed by atoms with Crippen molar-refractivity contribution in [1.29, 1.82) is 0 Å². The first-order valence-corrected chi connectivity index (χ1v) is 5.38. The molecule has 2 aliphatic rings. The predicted molar refractivity (Wildman–Crippen MR) is 55.9 cm³/mol. The van der Waals surface area contributed by atoms with Crippen molar-refractivity contribution >= 4 is 5.91 Å². The lowest BCUT2D eigenvalue weighted by Gasteiger charge is -2.52. The van der Waals surface area contributed by atoms with Crippen molar-refractivity contribution in [1.82, 2.24) is 10.2 Å². The van der Waals surface area contributed by atoms with Gasteiger partial charge in [-0.1, -0.05) is 6.08 Å². The van der Waals surface area contributed by atoms with Crippen LogP contribution in [0.4, 0.5) is 0 Å². The Kier molecular flexibility index (Phi) is 2.59. The second-order valence-corrected chi connectivity index (χ2v) is 4.44. The van der Waals surface area contributed by atoms with Crippen LogP contribution in [-0.2, 0) is 4.79 Å². The molecular weight excluding hydrogens is 176 g/mol. The fourth-order valence-corrected chi connectivity index (χ4v) is 2.44. The van der Waals surface area contributed by atoms with Gasteiger partial charge < -0.3 is 10.2 Å². The Balaban J connectivity index is 1.85. The van der Waals surface area contributed by atoms with Gasteiger partial charge in [-0.25, -0.2) is 0 Å². The number of hydrogen-bond acceptors (Lipinski definition) is 2. The van der Waals surface area contributed by atoms with E-state index in [1.165, 1.54) is 12.8 Å². The second kappa shape index (κ2) is 3.73. The molecule has 3 nitrogen and oxygen atoms in total. The average Bonchev–Trinajstić information content (AvgIpc) is 2.16. The van der Waals surface area contributed by atoms with Crippen LogP contribution in [0.25, 0.3) is 0 Å². The van der Waals surface area contributed by atoms with Gasteiger partial charge in [0, 0.05) is 18.5 Å². The van der Waals surface area contributed by atoms with E-state index in [0.717, 1.165) is 26.2 Å². The van der Waals surface area contributed by atoms with Crippen LogP contribution >= 0.6 is 0 Å². The maximum Gasteiger partial charge on any atom is 0.246 e. The normalized spacial score (nSPS) is 25.4. The molecule has 2 aliphatic heterocycles. The minimum atomic E-state index is 0.177. The number of rotatable bonds is 1. The molecule has 0 radical (unpaired) electrons. The number of amides is 1. The number of allylic oxidation sites excluding steroid dienone is 1. The maximum absolute atomic E-state index is 11.5. The Hall–Kier alpha value is -0.830. The molecule has 0 aromatic rings. The summed E-state index contributed by atoms with van der Waals surface area (Å²) in [5.74, 6) is 0.177. The summed E-state index contributed by atoms with van der Waals surface area (Å²) in [5.41, 5.74) is 0.461. The van der Waals surface area contributed by atoms with Crippen LogP contribution in [0.15, 0.2) is 12.2 Å². The van der Waals surface area contributed by atoms with E-state index in [4.69, 9.17) is 0 Å². The van der Waals surface area contributed by atoms with Gasteiger partial charge in [0.15, 0.2) is 0 Å². The number of likely N-dealkylation sites (tertiary alicyclic amines) is 1. The van der Waals surface area contributed by atoms with Gasteiger partial charge in [0.1, 0.15) is 0 Å². The van der Waals surface area contributed by atoms with Crippen LogP contribution in [-0.4, -0.2) is 37.0 Å². The van der Waals surface area contributed by atoms with Gasteiger partial charge >= 0.3 is 0 Å². The Morgan fingerprint density at radius 2 is 2.00 bits per heavy atom. The van der Waals surface area contributed by atoms with Crippen molar-refractivity contribution in [2.75, 3.05) is 26.2 Å². The van der Waals surface area contributed by atoms with Crippen LogP contribution in [0, 0.1) is 5.41 Å². The molecule has 2 fully saturated rings. The first-order chi connectivity index (χ1) is 6.76. The molecule has 2 rings (SSSR count). The average molecular weight is 194 g/mol. The molecule has 1 amide bonds. The minimum Gasteiger partial charge on any atom is -0.338 e. The SMILES string of the molecule is C/C=C/C(=O)N1CC2(CCNCC2)C1. The van der Waals surface area contributed by atoms with Crippen LogP contribution in [0.3, 0.4) is 0 Å². The zero-order chi connectivity index (χ0) is 10.0. The lowest BCUT2D eigenvalue weighted by atomic mass is 9.72. The van der Waals surface area contributed by atoms with Crippen molar-refractivity contribution in [2.24, 2.45) is 5.41 Å². The van der Waals surface area contributed by atoms with E-state index >= 15 is 0 Å². The van der Waals surface area contributed by atoms with Crippen molar-refractivity contribution in [3.8, 4) is 0 Å². The molecule has 14 heavy (non-hydrogen) atoms. The Bertz CT molecular complexity index is 246. The molecule has 78 valence electrons. The summed E-state index contributed by atoms with van der Waals surface area (Å²) >= 11 is 0. The Labute approximate surface area is 85.2 Å². The number of piperidine rings is 1. The third-order valence-corrected chi connectivity index (χ3v) is 3.34. The maximum atomic E-state index is 11.5. The van der Waals surface area contributed by atoms with E-state index in [2.05, 4.69) is 5.32 Å². The highest BCUT2D eigenvalue weighted by atomic mass is 16.2. The molecule has 0 saturated carbocycles. The fraction of sp³-hybridized carbons (Fsp3) is 0.727. The molecular formula is C11H18N2O. The summed E-state index contributed by atoms with van der Waals surface area (Å²) in [5, 5.41) is 3.36. The van der Waals surface area contributed by atoms with E-state index in [-0.39, 0.29) is 5.91 Å². The van der Waals surface area contributed by atoms with Crippen molar-refractivity contribution in [2.45, 2.75) is 19.8 Å². The van der Waals surface area contributed by atoms with Crippen molar-refractivity contribution < 1.29 is 4.79 Å². The summed E-state index contributed by atoms with van der Waals surface area (Å²) in [7, 11) is 0. The zero-order valence-electron chi connectivity index (χ0n) is 8.75. The van der Waals surface area contributed by atoms with Gasteiger partial charge in [0.2, 0.25) is 5.91 Å². The molecule has 0 unspecified atom stereocenters. The summed E-state index contributed by atoms with van der Waals surface area (Å²) in [4.78, 5) is 13.4. The lowest BCUT2D eigenvalue weighted by Crippen LogP contribution is -2.61. The van der Waals surface area contributed by atoms with Crippen LogP contribution in [0.1, 0.15) is 19.8 Å². The molecule has 1 spiro atoms. The van der Waals surface area contributed by atoms with Gasteiger partial charge in [-0.3, -0.25) is 4.79 Å². The van der Waals surface area contributed by atoms with E-state index in [1.54, 1.807) is 6.08 Å². The summed E-state index contributed by atoms with van der Waals surface area (Å²) in [6, 6.07) is 0. The number of carbonyl (C=O) groups excluding carboxylic acids is 1. The second-order valence-electron chi connectivity index (χ2n) is 4.44.